The lowest BCUT2D eigenvalue weighted by molar-refractivity contribution is -0.384. The Morgan fingerprint density at radius 1 is 1.14 bits per heavy atom. The normalized spacial score (nSPS) is 18.4. The van der Waals surface area contributed by atoms with Crippen molar-refractivity contribution in [3.8, 4) is 0 Å². The molecule has 0 aliphatic carbocycles. The van der Waals surface area contributed by atoms with Gasteiger partial charge in [0.1, 0.15) is 5.76 Å². The van der Waals surface area contributed by atoms with Gasteiger partial charge in [-0.05, 0) is 19.7 Å². The Morgan fingerprint density at radius 3 is 2.45 bits per heavy atom. The van der Waals surface area contributed by atoms with Gasteiger partial charge < -0.3 is 14.9 Å². The van der Waals surface area contributed by atoms with Crippen LogP contribution in [0.2, 0.25) is 0 Å². The lowest BCUT2D eigenvalue weighted by atomic mass is 9.95. The summed E-state index contributed by atoms with van der Waals surface area (Å²) < 4.78 is 0. The van der Waals surface area contributed by atoms with Crippen molar-refractivity contribution in [1.82, 2.24) is 9.80 Å². The predicted molar refractivity (Wildman–Crippen MR) is 107 cm³/mol. The lowest BCUT2D eigenvalue weighted by Crippen LogP contribution is -2.35. The summed E-state index contributed by atoms with van der Waals surface area (Å²) in [4.78, 5) is 39.5. The standard InChI is InChI=1S/C21H21N3O5/c1-22(2)11-12-23-18(15-9-6-10-16(13-15)24(28)29)17(20(26)21(23)27)19(25)14-7-4-3-5-8-14/h3-10,13,18,25H,11-12H2,1-2H3/t18-/m0/s1. The van der Waals surface area contributed by atoms with Crippen LogP contribution >= 0.6 is 0 Å². The molecule has 1 fully saturated rings. The number of aliphatic hydroxyl groups excluding tert-OH is 1. The van der Waals surface area contributed by atoms with Crippen molar-refractivity contribution >= 4 is 23.1 Å². The number of carbonyl (C=O) groups is 2. The summed E-state index contributed by atoms with van der Waals surface area (Å²) in [5.74, 6) is -1.84. The molecule has 3 rings (SSSR count). The van der Waals surface area contributed by atoms with Gasteiger partial charge in [-0.1, -0.05) is 42.5 Å². The molecule has 150 valence electrons. The minimum atomic E-state index is -0.907. The van der Waals surface area contributed by atoms with Gasteiger partial charge in [0, 0.05) is 30.8 Å². The van der Waals surface area contributed by atoms with Crippen LogP contribution in [0, 0.1) is 10.1 Å². The SMILES string of the molecule is CN(C)CCN1C(=O)C(=O)C(=C(O)c2ccccc2)[C@@H]1c1cccc([N+](=O)[O-])c1. The molecule has 0 spiro atoms. The summed E-state index contributed by atoms with van der Waals surface area (Å²) >= 11 is 0. The quantitative estimate of drug-likeness (QED) is 0.265. The molecule has 1 N–H and O–H groups in total. The van der Waals surface area contributed by atoms with E-state index >= 15 is 0 Å². The van der Waals surface area contributed by atoms with Crippen molar-refractivity contribution < 1.29 is 19.6 Å². The number of carbonyl (C=O) groups excluding carboxylic acids is 2. The van der Waals surface area contributed by atoms with Crippen LogP contribution in [0.25, 0.3) is 5.76 Å². The summed E-state index contributed by atoms with van der Waals surface area (Å²) in [6.45, 7) is 0.723. The molecule has 8 heteroatoms. The number of nitrogens with zero attached hydrogens (tertiary/aromatic N) is 3. The molecule has 1 heterocycles. The second-order valence-corrected chi connectivity index (χ2v) is 7.01. The number of nitro groups is 1. The van der Waals surface area contributed by atoms with E-state index in [0.29, 0.717) is 17.7 Å². The first kappa shape index (κ1) is 20.2. The number of amides is 1. The van der Waals surface area contributed by atoms with Crippen LogP contribution in [-0.2, 0) is 9.59 Å². The molecule has 1 aliphatic rings. The van der Waals surface area contributed by atoms with E-state index in [2.05, 4.69) is 0 Å². The van der Waals surface area contributed by atoms with Gasteiger partial charge in [0.25, 0.3) is 17.4 Å². The van der Waals surface area contributed by atoms with Gasteiger partial charge in [-0.3, -0.25) is 19.7 Å². The van der Waals surface area contributed by atoms with Crippen LogP contribution in [-0.4, -0.2) is 58.7 Å². The Hall–Kier alpha value is -3.52. The van der Waals surface area contributed by atoms with Crippen molar-refractivity contribution in [2.45, 2.75) is 6.04 Å². The van der Waals surface area contributed by atoms with Gasteiger partial charge in [0.05, 0.1) is 16.5 Å². The number of hydrogen-bond donors (Lipinski definition) is 1. The van der Waals surface area contributed by atoms with Crippen molar-refractivity contribution in [3.05, 3.63) is 81.4 Å². The highest BCUT2D eigenvalue weighted by molar-refractivity contribution is 6.46. The molecular weight excluding hydrogens is 374 g/mol. The van der Waals surface area contributed by atoms with Crippen LogP contribution in [0.1, 0.15) is 17.2 Å². The molecule has 2 aromatic carbocycles. The predicted octanol–water partition coefficient (Wildman–Crippen LogP) is 2.58. The largest absolute Gasteiger partial charge is 0.507 e. The summed E-state index contributed by atoms with van der Waals surface area (Å²) in [5.41, 5.74) is 0.573. The van der Waals surface area contributed by atoms with E-state index < -0.39 is 22.7 Å². The Kier molecular flexibility index (Phi) is 5.74. The smallest absolute Gasteiger partial charge is 0.295 e. The van der Waals surface area contributed by atoms with E-state index in [1.54, 1.807) is 36.4 Å². The second-order valence-electron chi connectivity index (χ2n) is 7.01. The third-order valence-electron chi connectivity index (χ3n) is 4.77. The number of likely N-dealkylation sites (tertiary alicyclic amines) is 1. The minimum Gasteiger partial charge on any atom is -0.507 e. The van der Waals surface area contributed by atoms with Crippen LogP contribution in [0.4, 0.5) is 5.69 Å². The van der Waals surface area contributed by atoms with Crippen molar-refractivity contribution in [1.29, 1.82) is 0 Å². The zero-order valence-electron chi connectivity index (χ0n) is 16.1. The van der Waals surface area contributed by atoms with Gasteiger partial charge >= 0.3 is 0 Å². The second kappa shape index (κ2) is 8.24. The Bertz CT molecular complexity index is 985. The highest BCUT2D eigenvalue weighted by atomic mass is 16.6. The van der Waals surface area contributed by atoms with Crippen molar-refractivity contribution in [3.63, 3.8) is 0 Å². The minimum absolute atomic E-state index is 0.0690. The number of nitro benzene ring substituents is 1. The molecule has 0 unspecified atom stereocenters. The van der Waals surface area contributed by atoms with Crippen molar-refractivity contribution in [2.24, 2.45) is 0 Å². The summed E-state index contributed by atoms with van der Waals surface area (Å²) in [5, 5.41) is 22.1. The van der Waals surface area contributed by atoms with E-state index in [0.717, 1.165) is 0 Å². The van der Waals surface area contributed by atoms with Gasteiger partial charge in [-0.2, -0.15) is 0 Å². The molecule has 0 bridgehead atoms. The molecule has 0 aromatic heterocycles. The maximum atomic E-state index is 12.8. The van der Waals surface area contributed by atoms with Crippen LogP contribution in [0.5, 0.6) is 0 Å². The highest BCUT2D eigenvalue weighted by Crippen LogP contribution is 2.39. The Balaban J connectivity index is 2.17. The van der Waals surface area contributed by atoms with E-state index in [-0.39, 0.29) is 23.6 Å². The number of Topliss-reactive ketones (excluding diaryl/α,β-unsaturated/α-hetero) is 1. The Morgan fingerprint density at radius 2 is 1.83 bits per heavy atom. The van der Waals surface area contributed by atoms with Crippen LogP contribution in [0.15, 0.2) is 60.2 Å². The molecule has 8 nitrogen and oxygen atoms in total. The number of non-ortho nitro benzene ring substituents is 1. The fourth-order valence-corrected chi connectivity index (χ4v) is 3.32. The maximum absolute atomic E-state index is 12.8. The molecule has 29 heavy (non-hydrogen) atoms. The fourth-order valence-electron chi connectivity index (χ4n) is 3.32. The molecule has 0 radical (unpaired) electrons. The molecule has 1 atom stereocenters. The molecule has 1 aliphatic heterocycles. The van der Waals surface area contributed by atoms with E-state index in [9.17, 15) is 24.8 Å². The molecule has 2 aromatic rings. The Labute approximate surface area is 167 Å². The zero-order chi connectivity index (χ0) is 21.1. The number of ketones is 1. The van der Waals surface area contributed by atoms with Gasteiger partial charge in [-0.15, -0.1) is 0 Å². The number of rotatable bonds is 6. The monoisotopic (exact) mass is 395 g/mol. The lowest BCUT2D eigenvalue weighted by Gasteiger charge is -2.26. The van der Waals surface area contributed by atoms with Crippen LogP contribution < -0.4 is 0 Å². The number of hydrogen-bond acceptors (Lipinski definition) is 6. The van der Waals surface area contributed by atoms with Gasteiger partial charge in [0.2, 0.25) is 0 Å². The third-order valence-corrected chi connectivity index (χ3v) is 4.77. The van der Waals surface area contributed by atoms with Gasteiger partial charge in [-0.25, -0.2) is 0 Å². The first-order valence-electron chi connectivity index (χ1n) is 9.04. The molecule has 1 saturated heterocycles. The summed E-state index contributed by atoms with van der Waals surface area (Å²) in [6.07, 6.45) is 0. The first-order chi connectivity index (χ1) is 13.8. The topological polar surface area (TPSA) is 104 Å². The van der Waals surface area contributed by atoms with Crippen molar-refractivity contribution in [2.75, 3.05) is 27.2 Å². The fraction of sp³-hybridized carbons (Fsp3) is 0.238. The van der Waals surface area contributed by atoms with Gasteiger partial charge in [0.15, 0.2) is 0 Å². The average molecular weight is 395 g/mol. The third kappa shape index (κ3) is 4.02. The number of likely N-dealkylation sites (N-methyl/N-ethyl adjacent to an activating group) is 1. The molecule has 1 amide bonds. The summed E-state index contributed by atoms with van der Waals surface area (Å²) in [7, 11) is 3.67. The molecule has 0 saturated carbocycles. The van der Waals surface area contributed by atoms with E-state index in [1.807, 2.05) is 19.0 Å². The zero-order valence-corrected chi connectivity index (χ0v) is 16.1. The number of benzene rings is 2. The summed E-state index contributed by atoms with van der Waals surface area (Å²) in [6, 6.07) is 13.3. The van der Waals surface area contributed by atoms with E-state index in [1.165, 1.54) is 23.1 Å². The first-order valence-corrected chi connectivity index (χ1v) is 9.04. The maximum Gasteiger partial charge on any atom is 0.295 e. The van der Waals surface area contributed by atoms with Crippen LogP contribution in [0.3, 0.4) is 0 Å². The highest BCUT2D eigenvalue weighted by Gasteiger charge is 2.46. The average Bonchev–Trinajstić information content (AvgIpc) is 2.97. The number of aliphatic hydroxyl groups is 1. The van der Waals surface area contributed by atoms with E-state index in [4.69, 9.17) is 0 Å². The molecular formula is C21H21N3O5.